The Labute approximate surface area is 125 Å². The van der Waals surface area contributed by atoms with Crippen LogP contribution in [0, 0.1) is 0 Å². The van der Waals surface area contributed by atoms with Gasteiger partial charge < -0.3 is 15.7 Å². The van der Waals surface area contributed by atoms with Crippen molar-refractivity contribution < 1.29 is 9.90 Å². The number of amides is 1. The number of carbonyl (C=O) groups excluding carboxylic acids is 1. The Hall–Kier alpha value is -1.55. The van der Waals surface area contributed by atoms with E-state index in [9.17, 15) is 9.90 Å². The average Bonchev–Trinajstić information content (AvgIpc) is 2.48. The molecule has 1 atom stereocenters. The summed E-state index contributed by atoms with van der Waals surface area (Å²) in [5, 5.41) is 16.3. The number of aromatic hydroxyl groups is 1. The zero-order valence-electron chi connectivity index (χ0n) is 12.4. The van der Waals surface area contributed by atoms with Gasteiger partial charge in [0.2, 0.25) is 0 Å². The van der Waals surface area contributed by atoms with E-state index in [2.05, 4.69) is 10.6 Å². The van der Waals surface area contributed by atoms with Crippen molar-refractivity contribution in [3.8, 4) is 5.75 Å². The Morgan fingerprint density at radius 1 is 1.29 bits per heavy atom. The fourth-order valence-electron chi connectivity index (χ4n) is 3.81. The molecular weight excluding hydrogens is 264 g/mol. The van der Waals surface area contributed by atoms with Crippen molar-refractivity contribution in [1.29, 1.82) is 0 Å². The lowest BCUT2D eigenvalue weighted by molar-refractivity contribution is 0.0892. The molecule has 4 heteroatoms. The standard InChI is InChI=1S/C17H24N2O2/c20-15-6-4-5-13(11-15)16(21)19-14-7-10-18-17(12-14)8-2-1-3-9-17/h4-6,11,14,18,20H,1-3,7-10,12H2,(H,19,21). The molecule has 0 aromatic heterocycles. The van der Waals surface area contributed by atoms with E-state index in [0.29, 0.717) is 5.56 Å². The first-order chi connectivity index (χ1) is 10.2. The second-order valence-corrected chi connectivity index (χ2v) is 6.48. The maximum absolute atomic E-state index is 12.3. The summed E-state index contributed by atoms with van der Waals surface area (Å²) >= 11 is 0. The second-order valence-electron chi connectivity index (χ2n) is 6.48. The first-order valence-electron chi connectivity index (χ1n) is 8.02. The maximum atomic E-state index is 12.3. The van der Waals surface area contributed by atoms with Crippen LogP contribution in [0.5, 0.6) is 5.75 Å². The first-order valence-corrected chi connectivity index (χ1v) is 8.02. The van der Waals surface area contributed by atoms with Crippen LogP contribution in [0.4, 0.5) is 0 Å². The third kappa shape index (κ3) is 3.38. The number of phenolic OH excluding ortho intramolecular Hbond substituents is 1. The van der Waals surface area contributed by atoms with E-state index in [1.54, 1.807) is 18.2 Å². The largest absolute Gasteiger partial charge is 0.508 e. The SMILES string of the molecule is O=C(NC1CCNC2(CCCCC2)C1)c1cccc(O)c1. The second kappa shape index (κ2) is 6.06. The molecule has 1 amide bonds. The van der Waals surface area contributed by atoms with Crippen LogP contribution in [0.15, 0.2) is 24.3 Å². The van der Waals surface area contributed by atoms with Gasteiger partial charge in [0.25, 0.3) is 5.91 Å². The van der Waals surface area contributed by atoms with Crippen LogP contribution < -0.4 is 10.6 Å². The van der Waals surface area contributed by atoms with Gasteiger partial charge >= 0.3 is 0 Å². The summed E-state index contributed by atoms with van der Waals surface area (Å²) in [7, 11) is 0. The van der Waals surface area contributed by atoms with E-state index in [4.69, 9.17) is 0 Å². The van der Waals surface area contributed by atoms with Crippen molar-refractivity contribution in [3.63, 3.8) is 0 Å². The summed E-state index contributed by atoms with van der Waals surface area (Å²) < 4.78 is 0. The molecule has 2 fully saturated rings. The van der Waals surface area contributed by atoms with Gasteiger partial charge in [-0.25, -0.2) is 0 Å². The summed E-state index contributed by atoms with van der Waals surface area (Å²) in [4.78, 5) is 12.3. The number of hydrogen-bond acceptors (Lipinski definition) is 3. The highest BCUT2D eigenvalue weighted by atomic mass is 16.3. The summed E-state index contributed by atoms with van der Waals surface area (Å²) in [6.45, 7) is 0.977. The van der Waals surface area contributed by atoms with Gasteiger partial charge in [-0.1, -0.05) is 25.3 Å². The molecule has 1 spiro atoms. The molecule has 1 aliphatic heterocycles. The molecule has 3 N–H and O–H groups in total. The third-order valence-electron chi connectivity index (χ3n) is 4.88. The van der Waals surface area contributed by atoms with E-state index in [-0.39, 0.29) is 23.2 Å². The fraction of sp³-hybridized carbons (Fsp3) is 0.588. The Morgan fingerprint density at radius 2 is 2.10 bits per heavy atom. The van der Waals surface area contributed by atoms with E-state index in [1.165, 1.54) is 38.2 Å². The number of rotatable bonds is 2. The number of carbonyl (C=O) groups is 1. The molecule has 0 bridgehead atoms. The Balaban J connectivity index is 1.63. The number of phenols is 1. The van der Waals surface area contributed by atoms with Crippen LogP contribution >= 0.6 is 0 Å². The lowest BCUT2D eigenvalue weighted by Crippen LogP contribution is -2.57. The van der Waals surface area contributed by atoms with Gasteiger partial charge in [0.1, 0.15) is 5.75 Å². The smallest absolute Gasteiger partial charge is 0.251 e. The number of piperidine rings is 1. The molecule has 1 saturated heterocycles. The van der Waals surface area contributed by atoms with Crippen molar-refractivity contribution in [2.24, 2.45) is 0 Å². The quantitative estimate of drug-likeness (QED) is 0.784. The van der Waals surface area contributed by atoms with E-state index in [0.717, 1.165) is 19.4 Å². The van der Waals surface area contributed by atoms with Gasteiger partial charge in [0.15, 0.2) is 0 Å². The molecule has 1 aromatic carbocycles. The predicted octanol–water partition coefficient (Wildman–Crippen LogP) is 2.58. The maximum Gasteiger partial charge on any atom is 0.251 e. The van der Waals surface area contributed by atoms with Crippen LogP contribution in [-0.2, 0) is 0 Å². The minimum Gasteiger partial charge on any atom is -0.508 e. The van der Waals surface area contributed by atoms with Gasteiger partial charge in [-0.15, -0.1) is 0 Å². The fourth-order valence-corrected chi connectivity index (χ4v) is 3.81. The van der Waals surface area contributed by atoms with Crippen LogP contribution in [0.25, 0.3) is 0 Å². The minimum absolute atomic E-state index is 0.0799. The molecule has 1 aromatic rings. The monoisotopic (exact) mass is 288 g/mol. The van der Waals surface area contributed by atoms with Crippen LogP contribution in [-0.4, -0.2) is 29.1 Å². The van der Waals surface area contributed by atoms with Crippen molar-refractivity contribution in [2.45, 2.75) is 56.5 Å². The van der Waals surface area contributed by atoms with Gasteiger partial charge in [-0.2, -0.15) is 0 Å². The van der Waals surface area contributed by atoms with Gasteiger partial charge in [-0.05, 0) is 50.4 Å². The third-order valence-corrected chi connectivity index (χ3v) is 4.88. The Kier molecular flexibility index (Phi) is 4.15. The molecule has 1 unspecified atom stereocenters. The molecule has 4 nitrogen and oxygen atoms in total. The summed E-state index contributed by atoms with van der Waals surface area (Å²) in [5.41, 5.74) is 0.777. The summed E-state index contributed by atoms with van der Waals surface area (Å²) in [5.74, 6) is 0.0560. The zero-order valence-corrected chi connectivity index (χ0v) is 12.4. The average molecular weight is 288 g/mol. The zero-order chi connectivity index (χ0) is 14.7. The molecule has 1 aliphatic carbocycles. The van der Waals surface area contributed by atoms with E-state index in [1.807, 2.05) is 0 Å². The number of hydrogen-bond donors (Lipinski definition) is 3. The molecule has 3 rings (SSSR count). The Morgan fingerprint density at radius 3 is 2.86 bits per heavy atom. The van der Waals surface area contributed by atoms with Crippen molar-refractivity contribution in [2.75, 3.05) is 6.54 Å². The molecule has 0 radical (unpaired) electrons. The Bertz CT molecular complexity index is 504. The minimum atomic E-state index is -0.0799. The number of nitrogens with one attached hydrogen (secondary N) is 2. The summed E-state index contributed by atoms with van der Waals surface area (Å²) in [6, 6.07) is 6.78. The van der Waals surface area contributed by atoms with Gasteiger partial charge in [0.05, 0.1) is 0 Å². The highest BCUT2D eigenvalue weighted by Gasteiger charge is 2.37. The topological polar surface area (TPSA) is 61.4 Å². The molecular formula is C17H24N2O2. The molecule has 21 heavy (non-hydrogen) atoms. The highest BCUT2D eigenvalue weighted by molar-refractivity contribution is 5.94. The molecule has 114 valence electrons. The van der Waals surface area contributed by atoms with Gasteiger partial charge in [0, 0.05) is 17.1 Å². The predicted molar refractivity (Wildman–Crippen MR) is 82.4 cm³/mol. The van der Waals surface area contributed by atoms with E-state index < -0.39 is 0 Å². The normalized spacial score (nSPS) is 24.7. The van der Waals surface area contributed by atoms with Crippen LogP contribution in [0.1, 0.15) is 55.3 Å². The lowest BCUT2D eigenvalue weighted by Gasteiger charge is -2.44. The highest BCUT2D eigenvalue weighted by Crippen LogP contribution is 2.34. The van der Waals surface area contributed by atoms with Crippen molar-refractivity contribution in [3.05, 3.63) is 29.8 Å². The number of benzene rings is 1. The molecule has 1 heterocycles. The first kappa shape index (κ1) is 14.4. The van der Waals surface area contributed by atoms with Crippen molar-refractivity contribution in [1.82, 2.24) is 10.6 Å². The van der Waals surface area contributed by atoms with Crippen LogP contribution in [0.3, 0.4) is 0 Å². The molecule has 2 aliphatic rings. The van der Waals surface area contributed by atoms with Crippen LogP contribution in [0.2, 0.25) is 0 Å². The summed E-state index contributed by atoms with van der Waals surface area (Å²) in [6.07, 6.45) is 8.38. The lowest BCUT2D eigenvalue weighted by atomic mass is 9.75. The van der Waals surface area contributed by atoms with E-state index >= 15 is 0 Å². The van der Waals surface area contributed by atoms with Gasteiger partial charge in [-0.3, -0.25) is 4.79 Å². The van der Waals surface area contributed by atoms with Crippen molar-refractivity contribution >= 4 is 5.91 Å². The molecule has 1 saturated carbocycles.